The fraction of sp³-hybridized carbons (Fsp3) is 0.333. The van der Waals surface area contributed by atoms with Crippen LogP contribution in [0.1, 0.15) is 16.7 Å². The van der Waals surface area contributed by atoms with Gasteiger partial charge in [0, 0.05) is 38.1 Å². The van der Waals surface area contributed by atoms with Crippen LogP contribution in [0.15, 0.2) is 36.5 Å². The van der Waals surface area contributed by atoms with Crippen molar-refractivity contribution in [3.05, 3.63) is 53.2 Å². The number of aromatic nitrogens is 1. The fourth-order valence-electron chi connectivity index (χ4n) is 2.92. The summed E-state index contributed by atoms with van der Waals surface area (Å²) in [5, 5.41) is 9.00. The lowest BCUT2D eigenvalue weighted by atomic mass is 10.1. The van der Waals surface area contributed by atoms with E-state index in [1.165, 1.54) is 16.8 Å². The SMILES string of the molecule is Cc1cccc(N2CCN(c3cc(C#N)ccn3)CC2)c1C. The zero-order valence-corrected chi connectivity index (χ0v) is 13.1. The lowest BCUT2D eigenvalue weighted by Crippen LogP contribution is -2.47. The molecule has 22 heavy (non-hydrogen) atoms. The van der Waals surface area contributed by atoms with Crippen molar-refractivity contribution in [1.29, 1.82) is 5.26 Å². The molecule has 2 heterocycles. The highest BCUT2D eigenvalue weighted by molar-refractivity contribution is 5.57. The van der Waals surface area contributed by atoms with E-state index in [0.717, 1.165) is 32.0 Å². The van der Waals surface area contributed by atoms with Crippen LogP contribution in [0.3, 0.4) is 0 Å². The molecule has 112 valence electrons. The van der Waals surface area contributed by atoms with Crippen LogP contribution in [-0.2, 0) is 0 Å². The number of benzene rings is 1. The summed E-state index contributed by atoms with van der Waals surface area (Å²) in [6.45, 7) is 8.15. The Morgan fingerprint density at radius 3 is 2.50 bits per heavy atom. The standard InChI is InChI=1S/C18H20N4/c1-14-4-3-5-17(15(14)2)21-8-10-22(11-9-21)18-12-16(13-19)6-7-20-18/h3-7,12H,8-11H2,1-2H3. The minimum absolute atomic E-state index is 0.668. The van der Waals surface area contributed by atoms with Gasteiger partial charge in [0.15, 0.2) is 0 Å². The first kappa shape index (κ1) is 14.4. The molecule has 1 aliphatic heterocycles. The van der Waals surface area contributed by atoms with Crippen LogP contribution < -0.4 is 9.80 Å². The summed E-state index contributed by atoms with van der Waals surface area (Å²) < 4.78 is 0. The van der Waals surface area contributed by atoms with E-state index in [2.05, 4.69) is 52.9 Å². The Balaban J connectivity index is 1.72. The molecule has 0 atom stereocenters. The largest absolute Gasteiger partial charge is 0.368 e. The smallest absolute Gasteiger partial charge is 0.129 e. The Labute approximate surface area is 131 Å². The van der Waals surface area contributed by atoms with E-state index in [4.69, 9.17) is 5.26 Å². The molecule has 0 radical (unpaired) electrons. The molecule has 4 heteroatoms. The zero-order valence-electron chi connectivity index (χ0n) is 13.1. The van der Waals surface area contributed by atoms with Gasteiger partial charge in [0.05, 0.1) is 11.6 Å². The molecule has 0 amide bonds. The quantitative estimate of drug-likeness (QED) is 0.853. The Morgan fingerprint density at radius 1 is 1.05 bits per heavy atom. The highest BCUT2D eigenvalue weighted by Gasteiger charge is 2.19. The summed E-state index contributed by atoms with van der Waals surface area (Å²) >= 11 is 0. The van der Waals surface area contributed by atoms with Gasteiger partial charge in [-0.3, -0.25) is 0 Å². The zero-order chi connectivity index (χ0) is 15.5. The summed E-state index contributed by atoms with van der Waals surface area (Å²) in [6, 6.07) is 12.3. The van der Waals surface area contributed by atoms with Gasteiger partial charge in [-0.05, 0) is 43.2 Å². The van der Waals surface area contributed by atoms with E-state index in [0.29, 0.717) is 5.56 Å². The number of aryl methyl sites for hydroxylation is 1. The number of nitriles is 1. The second kappa shape index (κ2) is 6.07. The van der Waals surface area contributed by atoms with Crippen molar-refractivity contribution < 1.29 is 0 Å². The normalized spacial score (nSPS) is 14.8. The number of piperazine rings is 1. The molecule has 1 saturated heterocycles. The van der Waals surface area contributed by atoms with Gasteiger partial charge >= 0.3 is 0 Å². The van der Waals surface area contributed by atoms with Crippen molar-refractivity contribution in [2.45, 2.75) is 13.8 Å². The van der Waals surface area contributed by atoms with Crippen molar-refractivity contribution >= 4 is 11.5 Å². The highest BCUT2D eigenvalue weighted by atomic mass is 15.3. The lowest BCUT2D eigenvalue weighted by Gasteiger charge is -2.37. The Hall–Kier alpha value is -2.54. The van der Waals surface area contributed by atoms with Crippen molar-refractivity contribution in [1.82, 2.24) is 4.98 Å². The number of pyridine rings is 1. The summed E-state index contributed by atoms with van der Waals surface area (Å²) in [6.07, 6.45) is 1.71. The minimum atomic E-state index is 0.668. The first-order chi connectivity index (χ1) is 10.7. The Bertz CT molecular complexity index is 709. The van der Waals surface area contributed by atoms with E-state index in [1.807, 2.05) is 6.07 Å². The fourth-order valence-corrected chi connectivity index (χ4v) is 2.92. The predicted molar refractivity (Wildman–Crippen MR) is 89.3 cm³/mol. The van der Waals surface area contributed by atoms with E-state index in [1.54, 1.807) is 12.3 Å². The van der Waals surface area contributed by atoms with E-state index in [-0.39, 0.29) is 0 Å². The summed E-state index contributed by atoms with van der Waals surface area (Å²) in [7, 11) is 0. The second-order valence-corrected chi connectivity index (χ2v) is 5.71. The van der Waals surface area contributed by atoms with Crippen LogP contribution in [0.5, 0.6) is 0 Å². The molecule has 1 aromatic heterocycles. The summed E-state index contributed by atoms with van der Waals surface area (Å²) in [5.41, 5.74) is 4.70. The molecule has 0 bridgehead atoms. The van der Waals surface area contributed by atoms with Crippen LogP contribution in [0.2, 0.25) is 0 Å². The maximum absolute atomic E-state index is 9.00. The minimum Gasteiger partial charge on any atom is -0.368 e. The number of nitrogens with zero attached hydrogens (tertiary/aromatic N) is 4. The molecule has 0 unspecified atom stereocenters. The first-order valence-corrected chi connectivity index (χ1v) is 7.61. The van der Waals surface area contributed by atoms with E-state index in [9.17, 15) is 0 Å². The maximum Gasteiger partial charge on any atom is 0.129 e. The highest BCUT2D eigenvalue weighted by Crippen LogP contribution is 2.25. The van der Waals surface area contributed by atoms with Crippen LogP contribution in [0.25, 0.3) is 0 Å². The number of rotatable bonds is 2. The van der Waals surface area contributed by atoms with Gasteiger partial charge in [-0.25, -0.2) is 4.98 Å². The Kier molecular flexibility index (Phi) is 3.97. The average molecular weight is 292 g/mol. The van der Waals surface area contributed by atoms with Gasteiger partial charge in [0.25, 0.3) is 0 Å². The molecule has 0 spiro atoms. The number of hydrogen-bond acceptors (Lipinski definition) is 4. The third-order valence-corrected chi connectivity index (χ3v) is 4.39. The molecular weight excluding hydrogens is 272 g/mol. The van der Waals surface area contributed by atoms with Gasteiger partial charge < -0.3 is 9.80 Å². The van der Waals surface area contributed by atoms with Crippen molar-refractivity contribution in [3.63, 3.8) is 0 Å². The molecule has 4 nitrogen and oxygen atoms in total. The van der Waals surface area contributed by atoms with E-state index < -0.39 is 0 Å². The number of anilines is 2. The van der Waals surface area contributed by atoms with Crippen LogP contribution in [0.4, 0.5) is 11.5 Å². The van der Waals surface area contributed by atoms with E-state index >= 15 is 0 Å². The third-order valence-electron chi connectivity index (χ3n) is 4.39. The molecule has 1 fully saturated rings. The molecular formula is C18H20N4. The second-order valence-electron chi connectivity index (χ2n) is 5.71. The molecule has 0 saturated carbocycles. The third kappa shape index (κ3) is 2.75. The van der Waals surface area contributed by atoms with Gasteiger partial charge in [-0.1, -0.05) is 12.1 Å². The molecule has 3 rings (SSSR count). The monoisotopic (exact) mass is 292 g/mol. The van der Waals surface area contributed by atoms with Crippen LogP contribution >= 0.6 is 0 Å². The maximum atomic E-state index is 9.00. The van der Waals surface area contributed by atoms with Crippen LogP contribution in [0, 0.1) is 25.2 Å². The number of hydrogen-bond donors (Lipinski definition) is 0. The van der Waals surface area contributed by atoms with Gasteiger partial charge in [0.2, 0.25) is 0 Å². The molecule has 1 aliphatic rings. The van der Waals surface area contributed by atoms with Gasteiger partial charge in [-0.15, -0.1) is 0 Å². The van der Waals surface area contributed by atoms with Crippen molar-refractivity contribution in [2.24, 2.45) is 0 Å². The molecule has 0 N–H and O–H groups in total. The first-order valence-electron chi connectivity index (χ1n) is 7.61. The molecule has 2 aromatic rings. The predicted octanol–water partition coefficient (Wildman–Crippen LogP) is 2.90. The topological polar surface area (TPSA) is 43.2 Å². The van der Waals surface area contributed by atoms with Crippen molar-refractivity contribution in [3.8, 4) is 6.07 Å². The summed E-state index contributed by atoms with van der Waals surface area (Å²) in [4.78, 5) is 9.09. The molecule has 0 aliphatic carbocycles. The van der Waals surface area contributed by atoms with Gasteiger partial charge in [-0.2, -0.15) is 5.26 Å². The van der Waals surface area contributed by atoms with Crippen LogP contribution in [-0.4, -0.2) is 31.2 Å². The van der Waals surface area contributed by atoms with Gasteiger partial charge in [0.1, 0.15) is 5.82 Å². The Morgan fingerprint density at radius 2 is 1.77 bits per heavy atom. The van der Waals surface area contributed by atoms with Crippen molar-refractivity contribution in [2.75, 3.05) is 36.0 Å². The summed E-state index contributed by atoms with van der Waals surface area (Å²) in [5.74, 6) is 0.902. The lowest BCUT2D eigenvalue weighted by molar-refractivity contribution is 0.646. The molecule has 1 aromatic carbocycles. The average Bonchev–Trinajstić information content (AvgIpc) is 2.58.